The molecule has 0 aliphatic carbocycles. The van der Waals surface area contributed by atoms with Crippen molar-refractivity contribution in [2.75, 3.05) is 41.6 Å². The van der Waals surface area contributed by atoms with Gasteiger partial charge in [-0.05, 0) is 81.0 Å². The number of epoxide rings is 1. The smallest absolute Gasteiger partial charge is 0.407 e. The van der Waals surface area contributed by atoms with E-state index in [0.29, 0.717) is 19.6 Å². The number of rotatable bonds is 26. The number of carbonyl (C=O) groups excluding carboxylic acids is 8. The fourth-order valence-electron chi connectivity index (χ4n) is 10.4. The largest absolute Gasteiger partial charge is 0.453 e. The van der Waals surface area contributed by atoms with Crippen LogP contribution in [-0.4, -0.2) is 158 Å². The Kier molecular flexibility index (Phi) is 31.8. The van der Waals surface area contributed by atoms with Crippen molar-refractivity contribution in [3.8, 4) is 22.5 Å². The zero-order chi connectivity index (χ0) is 75.4. The maximum Gasteiger partial charge on any atom is 0.407 e. The van der Waals surface area contributed by atoms with E-state index in [-0.39, 0.29) is 43.5 Å². The number of benzene rings is 4. The van der Waals surface area contributed by atoms with Crippen molar-refractivity contribution in [3.63, 3.8) is 0 Å². The summed E-state index contributed by atoms with van der Waals surface area (Å²) in [4.78, 5) is 109. The molecule has 6 aromatic rings. The highest BCUT2D eigenvalue weighted by atomic mass is 16.6. The molecule has 3 heterocycles. The van der Waals surface area contributed by atoms with Crippen LogP contribution >= 0.6 is 0 Å². The van der Waals surface area contributed by atoms with Crippen LogP contribution in [0.5, 0.6) is 0 Å². The van der Waals surface area contributed by atoms with Gasteiger partial charge in [0.25, 0.3) is 11.8 Å². The first kappa shape index (κ1) is 82.6. The van der Waals surface area contributed by atoms with Crippen molar-refractivity contribution in [1.29, 1.82) is 0 Å². The summed E-state index contributed by atoms with van der Waals surface area (Å²) in [5.74, 6) is -1.60. The fraction of sp³-hybridized carbons (Fsp3) is 0.447. The molecule has 8 amide bonds. The second kappa shape index (κ2) is 39.3. The minimum atomic E-state index is -1.22. The number of aromatic nitrogens is 2. The maximum atomic E-state index is 13.8. The Balaban J connectivity index is 0.000000306. The highest BCUT2D eigenvalue weighted by Gasteiger charge is 2.41. The van der Waals surface area contributed by atoms with Crippen molar-refractivity contribution >= 4 is 48.0 Å². The number of pyridine rings is 2. The summed E-state index contributed by atoms with van der Waals surface area (Å²) in [7, 11) is 4.98. The van der Waals surface area contributed by atoms with Crippen LogP contribution in [0.3, 0.4) is 0 Å². The van der Waals surface area contributed by atoms with Gasteiger partial charge in [-0.3, -0.25) is 40.0 Å². The Morgan fingerprint density at radius 2 is 0.833 bits per heavy atom. The van der Waals surface area contributed by atoms with Gasteiger partial charge in [0.1, 0.15) is 30.3 Å². The number of methoxy groups -OCH3 is 4. The second-order valence-corrected chi connectivity index (χ2v) is 28.8. The predicted molar refractivity (Wildman–Crippen MR) is 388 cm³/mol. The summed E-state index contributed by atoms with van der Waals surface area (Å²) in [5.41, 5.74) is 13.6. The molecule has 552 valence electrons. The number of hydrazine groups is 2. The van der Waals surface area contributed by atoms with E-state index in [1.54, 1.807) is 38.2 Å². The highest BCUT2D eigenvalue weighted by molar-refractivity contribution is 5.88. The monoisotopic (exact) mass is 1410 g/mol. The topological polar surface area (TPSA) is 344 Å². The minimum absolute atomic E-state index is 0.0212. The van der Waals surface area contributed by atoms with Crippen molar-refractivity contribution < 1.29 is 67.1 Å². The first-order valence-electron chi connectivity index (χ1n) is 33.6. The van der Waals surface area contributed by atoms with Crippen molar-refractivity contribution in [1.82, 2.24) is 63.2 Å². The van der Waals surface area contributed by atoms with Crippen LogP contribution in [0.2, 0.25) is 0 Å². The van der Waals surface area contributed by atoms with E-state index >= 15 is 0 Å². The summed E-state index contributed by atoms with van der Waals surface area (Å²) in [6.07, 6.45) is 0.426. The number of nitrogens with one attached hydrogen (secondary N) is 9. The standard InChI is InChI=1S/C38H52N6O7.C20H26N4O3.C18H26N2O4/c1-37(2,3)31(41-35(48)50-7)33(46)40-29(22-25-14-10-9-11-15-25)30(45)24-44(43-34(47)32(38(4,5)6)42-36(49)51-8)23-26-17-19-27(20-18-26)28-16-12-13-21-39-28;1-20(2,3)17(23-19(26)27-4)18(25)24-22-13-14-8-10-15(11-9-14)16-7-5-6-12-21-16;1-18(2,3)15(20-17(22)23-4)16(21)19-13(14-11-24-14)10-12-8-6-5-7-9-12/h9-21,29-32,45H,22-24H2,1-8H3,(H,40,46)(H,41,48)(H,42,49)(H,43,47);5-12,17,22H,13H2,1-4H3,(H,23,26)(H,24,25);5-9,13-15H,10-11H2,1-4H3,(H,19,21)(H,20,22)/t29-,30-,31?,32+;17-;13-,14-,15?/m010/s1. The van der Waals surface area contributed by atoms with E-state index in [0.717, 1.165) is 44.8 Å². The Bertz CT molecular complexity index is 3600. The first-order valence-corrected chi connectivity index (χ1v) is 33.6. The number of hydrogen-bond acceptors (Lipinski definition) is 18. The quantitative estimate of drug-likeness (QED) is 0.0138. The molecule has 26 heteroatoms. The van der Waals surface area contributed by atoms with Gasteiger partial charge in [-0.25, -0.2) is 29.6 Å². The maximum absolute atomic E-state index is 13.8. The number of aliphatic hydroxyl groups excluding tert-OH is 1. The molecule has 0 radical (unpaired) electrons. The van der Waals surface area contributed by atoms with Crippen molar-refractivity contribution in [2.24, 2.45) is 21.7 Å². The average molecular weight is 1410 g/mol. The molecule has 1 aliphatic heterocycles. The molecule has 2 unspecified atom stereocenters. The summed E-state index contributed by atoms with van der Waals surface area (Å²) >= 11 is 0. The van der Waals surface area contributed by atoms with Crippen LogP contribution in [-0.2, 0) is 68.8 Å². The van der Waals surface area contributed by atoms with Crippen molar-refractivity contribution in [3.05, 3.63) is 180 Å². The molecule has 1 aliphatic rings. The van der Waals surface area contributed by atoms with Crippen LogP contribution in [0.4, 0.5) is 19.2 Å². The Hall–Kier alpha value is -10.0. The number of ether oxygens (including phenoxy) is 5. The molecule has 0 saturated carbocycles. The van der Waals surface area contributed by atoms with Gasteiger partial charge in [-0.2, -0.15) is 0 Å². The molecule has 10 N–H and O–H groups in total. The zero-order valence-corrected chi connectivity index (χ0v) is 61.5. The van der Waals surface area contributed by atoms with Crippen molar-refractivity contribution in [2.45, 2.75) is 157 Å². The van der Waals surface area contributed by atoms with Gasteiger partial charge in [-0.15, -0.1) is 0 Å². The molecule has 102 heavy (non-hydrogen) atoms. The Morgan fingerprint density at radius 1 is 0.461 bits per heavy atom. The predicted octanol–water partition coefficient (Wildman–Crippen LogP) is 8.74. The van der Waals surface area contributed by atoms with Crippen LogP contribution in [0.15, 0.2) is 158 Å². The Labute approximate surface area is 599 Å². The summed E-state index contributed by atoms with van der Waals surface area (Å²) < 4.78 is 24.1. The third-order valence-electron chi connectivity index (χ3n) is 16.2. The lowest BCUT2D eigenvalue weighted by Crippen LogP contribution is -2.60. The second-order valence-electron chi connectivity index (χ2n) is 28.8. The van der Waals surface area contributed by atoms with E-state index in [1.807, 2.05) is 208 Å². The van der Waals surface area contributed by atoms with E-state index in [1.165, 1.54) is 28.4 Å². The van der Waals surface area contributed by atoms with Gasteiger partial charge in [0.15, 0.2) is 0 Å². The molecule has 7 rings (SSSR count). The zero-order valence-electron chi connectivity index (χ0n) is 61.5. The van der Waals surface area contributed by atoms with E-state index in [4.69, 9.17) is 14.2 Å². The first-order chi connectivity index (χ1) is 48.1. The molecule has 0 bridgehead atoms. The number of nitrogens with zero attached hydrogens (tertiary/aromatic N) is 3. The molecule has 2 aromatic heterocycles. The van der Waals surface area contributed by atoms with Crippen LogP contribution in [0, 0.1) is 21.7 Å². The molecular weight excluding hydrogens is 1300 g/mol. The van der Waals surface area contributed by atoms with E-state index in [2.05, 4.69) is 67.6 Å². The fourth-order valence-corrected chi connectivity index (χ4v) is 10.4. The molecule has 4 aromatic carbocycles. The van der Waals surface area contributed by atoms with Gasteiger partial charge in [0.05, 0.1) is 64.6 Å². The summed E-state index contributed by atoms with van der Waals surface area (Å²) in [6.45, 7) is 23.3. The molecule has 0 spiro atoms. The third-order valence-corrected chi connectivity index (χ3v) is 16.2. The SMILES string of the molecule is COC(=O)NC(C(=O)N[C@@H](Cc1ccccc1)[C@@H](O)CN(Cc1ccc(-c2ccccn2)cc1)NC(=O)[C@@H](NC(=O)OC)C(C)(C)C)C(C)(C)C.COC(=O)NC(C(=O)N[C@@H](Cc1ccccc1)[C@@H]1CO1)C(C)(C)C.COC(=O)N[C@H](C(=O)NNCc1ccc(-c2ccccn2)cc1)C(C)(C)C. The number of amides is 8. The molecule has 26 nitrogen and oxygen atoms in total. The number of alkyl carbamates (subject to hydrolysis) is 4. The van der Waals surface area contributed by atoms with E-state index < -0.39 is 94.2 Å². The molecular formula is C76H104N12O14. The highest BCUT2D eigenvalue weighted by Crippen LogP contribution is 2.26. The molecule has 1 saturated heterocycles. The molecule has 8 atom stereocenters. The number of hydrogen-bond donors (Lipinski definition) is 10. The summed E-state index contributed by atoms with van der Waals surface area (Å²) in [5, 5.41) is 29.8. The molecule has 1 fully saturated rings. The number of carbonyl (C=O) groups is 8. The van der Waals surface area contributed by atoms with Crippen LogP contribution < -0.4 is 48.2 Å². The van der Waals surface area contributed by atoms with Crippen LogP contribution in [0.1, 0.15) is 105 Å². The minimum Gasteiger partial charge on any atom is -0.453 e. The van der Waals surface area contributed by atoms with E-state index in [9.17, 15) is 43.5 Å². The van der Waals surface area contributed by atoms with Gasteiger partial charge in [-0.1, -0.05) is 204 Å². The van der Waals surface area contributed by atoms with Gasteiger partial charge in [0, 0.05) is 43.2 Å². The average Bonchev–Trinajstić information content (AvgIpc) is 1.56. The Morgan fingerprint density at radius 3 is 1.22 bits per heavy atom. The van der Waals surface area contributed by atoms with Gasteiger partial charge < -0.3 is 60.7 Å². The third kappa shape index (κ3) is 28.2. The lowest BCUT2D eigenvalue weighted by Gasteiger charge is -2.35. The van der Waals surface area contributed by atoms with Gasteiger partial charge in [0.2, 0.25) is 11.8 Å². The lowest BCUT2D eigenvalue weighted by atomic mass is 9.85. The summed E-state index contributed by atoms with van der Waals surface area (Å²) in [6, 6.07) is 41.9. The number of aliphatic hydroxyl groups is 1. The normalized spacial score (nSPS) is 14.7. The lowest BCUT2D eigenvalue weighted by molar-refractivity contribution is -0.132. The van der Waals surface area contributed by atoms with Crippen LogP contribution in [0.25, 0.3) is 22.5 Å². The van der Waals surface area contributed by atoms with Gasteiger partial charge >= 0.3 is 24.4 Å².